The Labute approximate surface area is 84.1 Å². The molecule has 3 nitrogen and oxygen atoms in total. The van der Waals surface area contributed by atoms with E-state index >= 15 is 0 Å². The van der Waals surface area contributed by atoms with Crippen molar-refractivity contribution in [3.63, 3.8) is 0 Å². The third-order valence-electron chi connectivity index (χ3n) is 1.42. The molecule has 0 heterocycles. The molecule has 0 aliphatic heterocycles. The summed E-state index contributed by atoms with van der Waals surface area (Å²) in [4.78, 5) is 11.0. The second-order valence-electron chi connectivity index (χ2n) is 2.81. The van der Waals surface area contributed by atoms with Gasteiger partial charge in [0.15, 0.2) is 0 Å². The predicted octanol–water partition coefficient (Wildman–Crippen LogP) is 1.67. The number of ether oxygens (including phenoxy) is 1. The molecule has 0 rings (SSSR count). The molecule has 0 aromatic carbocycles. The van der Waals surface area contributed by atoms with E-state index in [1.54, 1.807) is 6.92 Å². The van der Waals surface area contributed by atoms with E-state index in [9.17, 15) is 4.79 Å². The molecule has 0 saturated heterocycles. The molecule has 0 aliphatic rings. The summed E-state index contributed by atoms with van der Waals surface area (Å²) in [6.45, 7) is 8.16. The van der Waals surface area contributed by atoms with Gasteiger partial charge in [0.1, 0.15) is 0 Å². The summed E-state index contributed by atoms with van der Waals surface area (Å²) in [5.41, 5.74) is 0. The molecule has 0 amide bonds. The molecule has 0 saturated carbocycles. The summed E-state index contributed by atoms with van der Waals surface area (Å²) in [7, 11) is 0. The Morgan fingerprint density at radius 3 is 2.77 bits per heavy atom. The normalized spacial score (nSPS) is 12.2. The number of rotatable bonds is 6. The Morgan fingerprint density at radius 2 is 2.31 bits per heavy atom. The van der Waals surface area contributed by atoms with Crippen molar-refractivity contribution in [2.24, 2.45) is 0 Å². The third kappa shape index (κ3) is 7.81. The minimum Gasteiger partial charge on any atom is -0.466 e. The standard InChI is InChI=1S/C9H16ClNO2/c1-4-13-9(12)5-8(3)11-6-7(2)10/h8,11H,2,4-6H2,1,3H3. The molecule has 13 heavy (non-hydrogen) atoms. The highest BCUT2D eigenvalue weighted by Crippen LogP contribution is 1.97. The Hall–Kier alpha value is -0.540. The Kier molecular flexibility index (Phi) is 6.63. The second kappa shape index (κ2) is 6.92. The smallest absolute Gasteiger partial charge is 0.307 e. The highest BCUT2D eigenvalue weighted by molar-refractivity contribution is 6.29. The van der Waals surface area contributed by atoms with Crippen molar-refractivity contribution >= 4 is 17.6 Å². The molecule has 1 unspecified atom stereocenters. The maximum absolute atomic E-state index is 11.0. The van der Waals surface area contributed by atoms with Gasteiger partial charge in [-0.25, -0.2) is 0 Å². The molecule has 0 fully saturated rings. The Balaban J connectivity index is 3.55. The fourth-order valence-electron chi connectivity index (χ4n) is 0.827. The highest BCUT2D eigenvalue weighted by Gasteiger charge is 2.08. The first-order valence-electron chi connectivity index (χ1n) is 4.28. The van der Waals surface area contributed by atoms with Crippen LogP contribution in [0.15, 0.2) is 11.6 Å². The molecule has 0 aliphatic carbocycles. The number of hydrogen-bond donors (Lipinski definition) is 1. The lowest BCUT2D eigenvalue weighted by Gasteiger charge is -2.11. The molecule has 1 atom stereocenters. The zero-order valence-electron chi connectivity index (χ0n) is 8.10. The van der Waals surface area contributed by atoms with Crippen LogP contribution in [0.25, 0.3) is 0 Å². The van der Waals surface area contributed by atoms with Crippen LogP contribution in [0.1, 0.15) is 20.3 Å². The van der Waals surface area contributed by atoms with Gasteiger partial charge in [0.2, 0.25) is 0 Å². The van der Waals surface area contributed by atoms with E-state index in [1.807, 2.05) is 6.92 Å². The lowest BCUT2D eigenvalue weighted by atomic mass is 10.2. The minimum absolute atomic E-state index is 0.0644. The number of carbonyl (C=O) groups excluding carboxylic acids is 1. The van der Waals surface area contributed by atoms with Crippen LogP contribution < -0.4 is 5.32 Å². The van der Waals surface area contributed by atoms with Gasteiger partial charge in [-0.3, -0.25) is 4.79 Å². The largest absolute Gasteiger partial charge is 0.466 e. The topological polar surface area (TPSA) is 38.3 Å². The molecule has 0 aromatic rings. The van der Waals surface area contributed by atoms with Crippen molar-refractivity contribution in [3.05, 3.63) is 11.6 Å². The van der Waals surface area contributed by atoms with Gasteiger partial charge in [-0.1, -0.05) is 18.2 Å². The molecular formula is C9H16ClNO2. The van der Waals surface area contributed by atoms with E-state index in [0.29, 0.717) is 24.6 Å². The number of carbonyl (C=O) groups is 1. The summed E-state index contributed by atoms with van der Waals surface area (Å²) in [6.07, 6.45) is 0.359. The van der Waals surface area contributed by atoms with Crippen LogP contribution in [-0.4, -0.2) is 25.2 Å². The zero-order chi connectivity index (χ0) is 10.3. The van der Waals surface area contributed by atoms with Gasteiger partial charge in [-0.2, -0.15) is 0 Å². The molecule has 0 bridgehead atoms. The van der Waals surface area contributed by atoms with Crippen LogP contribution >= 0.6 is 11.6 Å². The van der Waals surface area contributed by atoms with Crippen molar-refractivity contribution in [1.29, 1.82) is 0 Å². The van der Waals surface area contributed by atoms with Gasteiger partial charge in [-0.15, -0.1) is 0 Å². The van der Waals surface area contributed by atoms with Crippen LogP contribution in [0.5, 0.6) is 0 Å². The molecule has 4 heteroatoms. The first-order valence-corrected chi connectivity index (χ1v) is 4.66. The molecule has 0 radical (unpaired) electrons. The molecule has 0 spiro atoms. The van der Waals surface area contributed by atoms with Crippen molar-refractivity contribution in [2.45, 2.75) is 26.3 Å². The van der Waals surface area contributed by atoms with Gasteiger partial charge >= 0.3 is 5.97 Å². The first kappa shape index (κ1) is 12.5. The molecular weight excluding hydrogens is 190 g/mol. The molecule has 1 N–H and O–H groups in total. The number of esters is 1. The summed E-state index contributed by atoms with van der Waals surface area (Å²) in [5.74, 6) is -0.192. The number of nitrogens with one attached hydrogen (secondary N) is 1. The minimum atomic E-state index is -0.192. The average Bonchev–Trinajstić information content (AvgIpc) is 2.01. The summed E-state index contributed by atoms with van der Waals surface area (Å²) < 4.78 is 4.78. The fourth-order valence-corrected chi connectivity index (χ4v) is 0.904. The van der Waals surface area contributed by atoms with E-state index < -0.39 is 0 Å². The van der Waals surface area contributed by atoms with Crippen molar-refractivity contribution in [2.75, 3.05) is 13.2 Å². The lowest BCUT2D eigenvalue weighted by Crippen LogP contribution is -2.30. The van der Waals surface area contributed by atoms with Gasteiger partial charge in [0.25, 0.3) is 0 Å². The SMILES string of the molecule is C=C(Cl)CNC(C)CC(=O)OCC. The summed E-state index contributed by atoms with van der Waals surface area (Å²) >= 11 is 5.55. The fraction of sp³-hybridized carbons (Fsp3) is 0.667. The van der Waals surface area contributed by atoms with Crippen molar-refractivity contribution < 1.29 is 9.53 Å². The highest BCUT2D eigenvalue weighted by atomic mass is 35.5. The lowest BCUT2D eigenvalue weighted by molar-refractivity contribution is -0.143. The average molecular weight is 206 g/mol. The molecule has 0 aromatic heterocycles. The molecule has 76 valence electrons. The van der Waals surface area contributed by atoms with Crippen LogP contribution in [0.3, 0.4) is 0 Å². The van der Waals surface area contributed by atoms with E-state index in [1.165, 1.54) is 0 Å². The van der Waals surface area contributed by atoms with Crippen LogP contribution in [0.2, 0.25) is 0 Å². The maximum Gasteiger partial charge on any atom is 0.307 e. The van der Waals surface area contributed by atoms with Gasteiger partial charge in [0, 0.05) is 17.6 Å². The number of halogens is 1. The van der Waals surface area contributed by atoms with Crippen LogP contribution in [-0.2, 0) is 9.53 Å². The van der Waals surface area contributed by atoms with Crippen molar-refractivity contribution in [3.8, 4) is 0 Å². The Morgan fingerprint density at radius 1 is 1.69 bits per heavy atom. The first-order chi connectivity index (χ1) is 6.06. The number of hydrogen-bond acceptors (Lipinski definition) is 3. The second-order valence-corrected chi connectivity index (χ2v) is 3.34. The van der Waals surface area contributed by atoms with Gasteiger partial charge < -0.3 is 10.1 Å². The van der Waals surface area contributed by atoms with Crippen LogP contribution in [0, 0.1) is 0 Å². The predicted molar refractivity (Wildman–Crippen MR) is 53.7 cm³/mol. The van der Waals surface area contributed by atoms with Gasteiger partial charge in [-0.05, 0) is 13.8 Å². The zero-order valence-corrected chi connectivity index (χ0v) is 8.86. The monoisotopic (exact) mass is 205 g/mol. The quantitative estimate of drug-likeness (QED) is 0.671. The summed E-state index contributed by atoms with van der Waals surface area (Å²) in [6, 6.07) is 0.0644. The van der Waals surface area contributed by atoms with E-state index in [4.69, 9.17) is 16.3 Å². The third-order valence-corrected chi connectivity index (χ3v) is 1.55. The van der Waals surface area contributed by atoms with Gasteiger partial charge in [0.05, 0.1) is 13.0 Å². The van der Waals surface area contributed by atoms with Crippen LogP contribution in [0.4, 0.5) is 0 Å². The van der Waals surface area contributed by atoms with E-state index in [0.717, 1.165) is 0 Å². The van der Waals surface area contributed by atoms with E-state index in [2.05, 4.69) is 11.9 Å². The summed E-state index contributed by atoms with van der Waals surface area (Å²) in [5, 5.41) is 3.58. The Bertz CT molecular complexity index is 182. The van der Waals surface area contributed by atoms with E-state index in [-0.39, 0.29) is 12.0 Å². The van der Waals surface area contributed by atoms with Crippen molar-refractivity contribution in [1.82, 2.24) is 5.32 Å². The maximum atomic E-state index is 11.0.